The predicted octanol–water partition coefficient (Wildman–Crippen LogP) is 7.78. The van der Waals surface area contributed by atoms with Gasteiger partial charge in [0.05, 0.1) is 18.3 Å². The molecule has 3 aromatic carbocycles. The van der Waals surface area contributed by atoms with Crippen LogP contribution in [0.15, 0.2) is 60.7 Å². The van der Waals surface area contributed by atoms with Gasteiger partial charge in [-0.25, -0.2) is 4.98 Å². The van der Waals surface area contributed by atoms with Gasteiger partial charge in [0.1, 0.15) is 5.01 Å². The van der Waals surface area contributed by atoms with Gasteiger partial charge in [-0.05, 0) is 41.2 Å². The minimum Gasteiger partial charge on any atom is -0.235 e. The zero-order valence-electron chi connectivity index (χ0n) is 19.1. The summed E-state index contributed by atoms with van der Waals surface area (Å²) in [7, 11) is -1.31. The van der Waals surface area contributed by atoms with Crippen LogP contribution in [0.25, 0.3) is 31.9 Å². The van der Waals surface area contributed by atoms with Gasteiger partial charge < -0.3 is 0 Å². The first-order valence-electron chi connectivity index (χ1n) is 10.7. The third-order valence-corrected chi connectivity index (χ3v) is 8.90. The Morgan fingerprint density at radius 2 is 1.50 bits per heavy atom. The average Bonchev–Trinajstić information content (AvgIpc) is 3.10. The topological polar surface area (TPSA) is 12.9 Å². The van der Waals surface area contributed by atoms with Crippen LogP contribution in [-0.2, 0) is 5.41 Å². The normalized spacial score (nSPS) is 12.5. The van der Waals surface area contributed by atoms with E-state index in [9.17, 15) is 0 Å². The highest BCUT2D eigenvalue weighted by Gasteiger charge is 2.21. The lowest BCUT2D eigenvalue weighted by atomic mass is 9.85. The summed E-state index contributed by atoms with van der Waals surface area (Å²) in [6, 6.07) is 22.5. The van der Waals surface area contributed by atoms with Gasteiger partial charge in [0.2, 0.25) is 0 Å². The van der Waals surface area contributed by atoms with Crippen molar-refractivity contribution in [1.29, 1.82) is 0 Å². The lowest BCUT2D eigenvalue weighted by Gasteiger charge is -2.21. The Morgan fingerprint density at radius 1 is 0.833 bits per heavy atom. The summed E-state index contributed by atoms with van der Waals surface area (Å²) in [6.45, 7) is 16.2. The number of benzene rings is 3. The number of fused-ring (bicyclic) bond motifs is 1. The Hall–Kier alpha value is -2.23. The molecule has 0 amide bonds. The molecule has 0 aliphatic heterocycles. The highest BCUT2D eigenvalue weighted by molar-refractivity contribution is 7.21. The Balaban J connectivity index is 1.94. The van der Waals surface area contributed by atoms with Gasteiger partial charge in [0.15, 0.2) is 0 Å². The molecule has 1 nitrogen and oxygen atoms in total. The Kier molecular flexibility index (Phi) is 5.23. The van der Waals surface area contributed by atoms with Crippen LogP contribution < -0.4 is 5.19 Å². The summed E-state index contributed by atoms with van der Waals surface area (Å²) in [5, 5.41) is 2.60. The first-order chi connectivity index (χ1) is 14.0. The van der Waals surface area contributed by atoms with Crippen molar-refractivity contribution < 1.29 is 0 Å². The van der Waals surface area contributed by atoms with Gasteiger partial charge in [-0.2, -0.15) is 0 Å². The molecule has 3 heteroatoms. The van der Waals surface area contributed by atoms with E-state index in [2.05, 4.69) is 108 Å². The fourth-order valence-corrected chi connectivity index (χ4v) is 6.05. The number of hydrogen-bond acceptors (Lipinski definition) is 2. The summed E-state index contributed by atoms with van der Waals surface area (Å²) in [4.78, 5) is 5.14. The molecule has 1 heterocycles. The van der Waals surface area contributed by atoms with Gasteiger partial charge in [0, 0.05) is 11.1 Å². The van der Waals surface area contributed by atoms with Crippen molar-refractivity contribution in [3.05, 3.63) is 71.8 Å². The van der Waals surface area contributed by atoms with Crippen molar-refractivity contribution in [3.8, 4) is 21.7 Å². The molecular formula is C27H31NSSi. The monoisotopic (exact) mass is 429 g/mol. The molecule has 0 aliphatic rings. The quantitative estimate of drug-likeness (QED) is 0.303. The van der Waals surface area contributed by atoms with Gasteiger partial charge in [-0.3, -0.25) is 0 Å². The number of thiazole rings is 1. The van der Waals surface area contributed by atoms with Crippen LogP contribution in [0, 0.1) is 6.92 Å². The SMILES string of the molecule is Cc1ccccc1-c1nc2c(-c3ccc([Si](C)(C)C)cc3)cc(C(C)(C)C)cc2s1. The van der Waals surface area contributed by atoms with E-state index in [0.717, 1.165) is 10.5 Å². The smallest absolute Gasteiger partial charge is 0.124 e. The number of aromatic nitrogens is 1. The largest absolute Gasteiger partial charge is 0.235 e. The highest BCUT2D eigenvalue weighted by Crippen LogP contribution is 2.39. The zero-order chi connectivity index (χ0) is 21.7. The van der Waals surface area contributed by atoms with Crippen LogP contribution in [-0.4, -0.2) is 13.1 Å². The molecule has 1 aromatic heterocycles. The molecule has 4 aromatic rings. The van der Waals surface area contributed by atoms with Crippen LogP contribution in [0.5, 0.6) is 0 Å². The van der Waals surface area contributed by atoms with Crippen LogP contribution in [0.4, 0.5) is 0 Å². The number of nitrogens with zero attached hydrogens (tertiary/aromatic N) is 1. The molecule has 0 N–H and O–H groups in total. The molecule has 0 atom stereocenters. The first-order valence-corrected chi connectivity index (χ1v) is 15.0. The van der Waals surface area contributed by atoms with Gasteiger partial charge >= 0.3 is 0 Å². The Bertz CT molecular complexity index is 1200. The van der Waals surface area contributed by atoms with E-state index >= 15 is 0 Å². The lowest BCUT2D eigenvalue weighted by Crippen LogP contribution is -2.37. The minimum atomic E-state index is -1.31. The molecule has 0 fully saturated rings. The summed E-state index contributed by atoms with van der Waals surface area (Å²) in [6.07, 6.45) is 0. The summed E-state index contributed by atoms with van der Waals surface area (Å²) in [5.41, 5.74) is 7.58. The maximum Gasteiger partial charge on any atom is 0.124 e. The van der Waals surface area contributed by atoms with E-state index in [1.807, 2.05) is 0 Å². The second kappa shape index (κ2) is 7.47. The molecule has 0 radical (unpaired) electrons. The second-order valence-electron chi connectivity index (χ2n) is 10.3. The molecule has 4 rings (SSSR count). The van der Waals surface area contributed by atoms with Gasteiger partial charge in [-0.1, -0.05) is 94.1 Å². The van der Waals surface area contributed by atoms with Gasteiger partial charge in [0.25, 0.3) is 0 Å². The Morgan fingerprint density at radius 3 is 2.10 bits per heavy atom. The summed E-state index contributed by atoms with van der Waals surface area (Å²) < 4.78 is 1.27. The standard InChI is InChI=1S/C27H31NSSi/c1-18-10-8-9-11-22(18)26-28-25-23(16-20(27(2,3)4)17-24(25)29-26)19-12-14-21(15-13-19)30(5,6)7/h8-17H,1-7H3. The van der Waals surface area contributed by atoms with Crippen molar-refractivity contribution in [2.45, 2.75) is 52.8 Å². The Labute approximate surface area is 185 Å². The molecule has 0 spiro atoms. The molecule has 30 heavy (non-hydrogen) atoms. The molecular weight excluding hydrogens is 398 g/mol. The van der Waals surface area contributed by atoms with E-state index in [4.69, 9.17) is 4.98 Å². The minimum absolute atomic E-state index is 0.0913. The number of aryl methyl sites for hydroxylation is 1. The maximum absolute atomic E-state index is 5.14. The number of rotatable bonds is 3. The molecule has 154 valence electrons. The number of hydrogen-bond donors (Lipinski definition) is 0. The molecule has 0 aliphatic carbocycles. The second-order valence-corrected chi connectivity index (χ2v) is 16.4. The van der Waals surface area contributed by atoms with Crippen LogP contribution in [0.1, 0.15) is 31.9 Å². The zero-order valence-corrected chi connectivity index (χ0v) is 20.9. The van der Waals surface area contributed by atoms with Crippen LogP contribution in [0.2, 0.25) is 19.6 Å². The third kappa shape index (κ3) is 4.01. The predicted molar refractivity (Wildman–Crippen MR) is 137 cm³/mol. The average molecular weight is 430 g/mol. The highest BCUT2D eigenvalue weighted by atomic mass is 32.1. The van der Waals surface area contributed by atoms with E-state index in [0.29, 0.717) is 0 Å². The maximum atomic E-state index is 5.14. The molecule has 0 bridgehead atoms. The summed E-state index contributed by atoms with van der Waals surface area (Å²) in [5.74, 6) is 0. The third-order valence-electron chi connectivity index (χ3n) is 5.80. The van der Waals surface area contributed by atoms with Gasteiger partial charge in [-0.15, -0.1) is 11.3 Å². The van der Waals surface area contributed by atoms with E-state index in [1.165, 1.54) is 37.7 Å². The van der Waals surface area contributed by atoms with Crippen molar-refractivity contribution in [1.82, 2.24) is 4.98 Å². The van der Waals surface area contributed by atoms with Crippen molar-refractivity contribution in [2.24, 2.45) is 0 Å². The fourth-order valence-electron chi connectivity index (χ4n) is 3.76. The molecule has 0 saturated carbocycles. The van der Waals surface area contributed by atoms with E-state index in [1.54, 1.807) is 11.3 Å². The van der Waals surface area contributed by atoms with E-state index in [-0.39, 0.29) is 5.41 Å². The first kappa shape index (κ1) is 21.0. The fraction of sp³-hybridized carbons (Fsp3) is 0.296. The summed E-state index contributed by atoms with van der Waals surface area (Å²) >= 11 is 1.81. The molecule has 0 saturated heterocycles. The molecule has 0 unspecified atom stereocenters. The van der Waals surface area contributed by atoms with Crippen molar-refractivity contribution >= 4 is 34.8 Å². The van der Waals surface area contributed by atoms with E-state index < -0.39 is 8.07 Å². The van der Waals surface area contributed by atoms with Crippen molar-refractivity contribution in [2.75, 3.05) is 0 Å². The van der Waals surface area contributed by atoms with Crippen LogP contribution >= 0.6 is 11.3 Å². The van der Waals surface area contributed by atoms with Crippen molar-refractivity contribution in [3.63, 3.8) is 0 Å². The lowest BCUT2D eigenvalue weighted by molar-refractivity contribution is 0.591. The van der Waals surface area contributed by atoms with Crippen LogP contribution in [0.3, 0.4) is 0 Å².